The topological polar surface area (TPSA) is 137 Å². The zero-order valence-corrected chi connectivity index (χ0v) is 17.1. The number of methoxy groups -OCH3 is 1. The third-order valence-corrected chi connectivity index (χ3v) is 4.97. The third-order valence-electron chi connectivity index (χ3n) is 4.97. The summed E-state index contributed by atoms with van der Waals surface area (Å²) in [6, 6.07) is 11.9. The molecule has 4 rings (SSSR count). The molecule has 0 saturated carbocycles. The zero-order valence-electron chi connectivity index (χ0n) is 17.1. The van der Waals surface area contributed by atoms with Crippen LogP contribution in [0.25, 0.3) is 22.4 Å². The van der Waals surface area contributed by atoms with Crippen molar-refractivity contribution in [3.8, 4) is 22.9 Å². The molecule has 9 heteroatoms. The van der Waals surface area contributed by atoms with Gasteiger partial charge in [0.25, 0.3) is 5.91 Å². The van der Waals surface area contributed by atoms with Crippen LogP contribution in [0.2, 0.25) is 0 Å². The van der Waals surface area contributed by atoms with Crippen molar-refractivity contribution in [2.45, 2.75) is 12.5 Å². The van der Waals surface area contributed by atoms with Gasteiger partial charge in [-0.25, -0.2) is 9.78 Å². The highest BCUT2D eigenvalue weighted by Gasteiger charge is 2.23. The van der Waals surface area contributed by atoms with Gasteiger partial charge in [0.15, 0.2) is 11.5 Å². The summed E-state index contributed by atoms with van der Waals surface area (Å²) in [5.74, 6) is -1.03. The summed E-state index contributed by atoms with van der Waals surface area (Å²) in [6.45, 7) is 0. The second-order valence-electron chi connectivity index (χ2n) is 7.13. The molecule has 0 spiro atoms. The minimum absolute atomic E-state index is 0.0742. The van der Waals surface area contributed by atoms with Crippen LogP contribution < -0.4 is 5.32 Å². The number of esters is 1. The van der Waals surface area contributed by atoms with E-state index in [2.05, 4.69) is 20.3 Å². The molecule has 0 fully saturated rings. The number of ether oxygens (including phenoxy) is 1. The van der Waals surface area contributed by atoms with Gasteiger partial charge in [-0.05, 0) is 48.0 Å². The summed E-state index contributed by atoms with van der Waals surface area (Å²) in [7, 11) is 1.23. The average molecular weight is 432 g/mol. The number of aromatic amines is 1. The van der Waals surface area contributed by atoms with Crippen LogP contribution in [0.1, 0.15) is 15.9 Å². The number of phenols is 2. The number of carbonyl (C=O) groups is 2. The summed E-state index contributed by atoms with van der Waals surface area (Å²) < 4.78 is 4.81. The van der Waals surface area contributed by atoms with E-state index in [-0.39, 0.29) is 17.9 Å². The van der Waals surface area contributed by atoms with Crippen LogP contribution >= 0.6 is 0 Å². The van der Waals surface area contributed by atoms with Crippen LogP contribution in [-0.2, 0) is 16.0 Å². The van der Waals surface area contributed by atoms with Gasteiger partial charge in [0.05, 0.1) is 18.1 Å². The quantitative estimate of drug-likeness (QED) is 0.271. The number of nitrogens with zero attached hydrogens (tertiary/aromatic N) is 2. The van der Waals surface area contributed by atoms with Crippen LogP contribution in [0.5, 0.6) is 11.5 Å². The lowest BCUT2D eigenvalue weighted by Gasteiger charge is -2.17. The van der Waals surface area contributed by atoms with Gasteiger partial charge in [-0.3, -0.25) is 9.78 Å². The molecule has 4 aromatic rings. The molecule has 2 aromatic heterocycles. The van der Waals surface area contributed by atoms with Gasteiger partial charge < -0.3 is 25.3 Å². The number of imidazole rings is 1. The lowest BCUT2D eigenvalue weighted by Crippen LogP contribution is -2.43. The Morgan fingerprint density at radius 3 is 2.56 bits per heavy atom. The maximum absolute atomic E-state index is 12.9. The molecule has 2 heterocycles. The molecule has 0 aliphatic heterocycles. The van der Waals surface area contributed by atoms with E-state index in [1.807, 2.05) is 12.1 Å². The van der Waals surface area contributed by atoms with Crippen LogP contribution in [0, 0.1) is 0 Å². The van der Waals surface area contributed by atoms with Crippen LogP contribution in [0.3, 0.4) is 0 Å². The van der Waals surface area contributed by atoms with Crippen molar-refractivity contribution < 1.29 is 24.5 Å². The number of carbonyl (C=O) groups excluding carboxylic acids is 2. The highest BCUT2D eigenvalue weighted by molar-refractivity contribution is 5.99. The van der Waals surface area contributed by atoms with E-state index in [9.17, 15) is 19.8 Å². The fourth-order valence-electron chi connectivity index (χ4n) is 3.31. The molecule has 0 bridgehead atoms. The highest BCUT2D eigenvalue weighted by Crippen LogP contribution is 2.26. The Bertz CT molecular complexity index is 1290. The first kappa shape index (κ1) is 20.9. The van der Waals surface area contributed by atoms with Gasteiger partial charge in [0.2, 0.25) is 0 Å². The molecule has 4 N–H and O–H groups in total. The number of aromatic nitrogens is 3. The number of nitrogens with one attached hydrogen (secondary N) is 2. The lowest BCUT2D eigenvalue weighted by molar-refractivity contribution is -0.142. The normalized spacial score (nSPS) is 11.8. The van der Waals surface area contributed by atoms with Gasteiger partial charge >= 0.3 is 5.97 Å². The Labute approximate surface area is 182 Å². The second kappa shape index (κ2) is 8.76. The lowest BCUT2D eigenvalue weighted by atomic mass is 10.0. The van der Waals surface area contributed by atoms with Crippen LogP contribution in [0.4, 0.5) is 0 Å². The molecule has 0 saturated heterocycles. The number of rotatable bonds is 6. The number of hydrogen-bond donors (Lipinski definition) is 4. The maximum atomic E-state index is 12.9. The Balaban J connectivity index is 1.55. The van der Waals surface area contributed by atoms with E-state index in [4.69, 9.17) is 4.74 Å². The molecule has 0 radical (unpaired) electrons. The van der Waals surface area contributed by atoms with Crippen molar-refractivity contribution in [3.05, 3.63) is 72.1 Å². The summed E-state index contributed by atoms with van der Waals surface area (Å²) >= 11 is 0. The first-order chi connectivity index (χ1) is 15.4. The molecule has 162 valence electrons. The SMILES string of the molecule is COC(=O)C(Cc1ccc(O)c(O)c1)NC(=O)c1ccc2nc(-c3ccncc3)[nH]c2c1. The van der Waals surface area contributed by atoms with Gasteiger partial charge in [-0.2, -0.15) is 0 Å². The van der Waals surface area contributed by atoms with E-state index in [0.29, 0.717) is 28.0 Å². The van der Waals surface area contributed by atoms with E-state index < -0.39 is 17.9 Å². The van der Waals surface area contributed by atoms with Crippen LogP contribution in [0.15, 0.2) is 60.9 Å². The molecule has 1 atom stereocenters. The fraction of sp³-hybridized carbons (Fsp3) is 0.130. The van der Waals surface area contributed by atoms with E-state index in [1.54, 1.807) is 36.7 Å². The molecule has 1 amide bonds. The first-order valence-electron chi connectivity index (χ1n) is 9.74. The zero-order chi connectivity index (χ0) is 22.7. The molecular weight excluding hydrogens is 412 g/mol. The van der Waals surface area contributed by atoms with Gasteiger partial charge in [0.1, 0.15) is 11.9 Å². The Morgan fingerprint density at radius 1 is 1.06 bits per heavy atom. The van der Waals surface area contributed by atoms with Crippen molar-refractivity contribution in [3.63, 3.8) is 0 Å². The number of H-pyrrole nitrogens is 1. The number of amides is 1. The standard InChI is InChI=1S/C23H20N4O5/c1-32-23(31)18(10-13-2-5-19(28)20(29)11-13)27-22(30)15-3-4-16-17(12-15)26-21(25-16)14-6-8-24-9-7-14/h2-9,11-12,18,28-29H,10H2,1H3,(H,25,26)(H,27,30). The van der Waals surface area contributed by atoms with Crippen molar-refractivity contribution >= 4 is 22.9 Å². The number of aromatic hydroxyl groups is 2. The van der Waals surface area contributed by atoms with E-state index in [0.717, 1.165) is 5.56 Å². The van der Waals surface area contributed by atoms with E-state index in [1.165, 1.54) is 19.2 Å². The number of phenolic OH excluding ortho intramolecular Hbond substituents is 2. The summed E-state index contributed by atoms with van der Waals surface area (Å²) in [6.07, 6.45) is 3.41. The molecule has 0 aliphatic rings. The van der Waals surface area contributed by atoms with E-state index >= 15 is 0 Å². The largest absolute Gasteiger partial charge is 0.504 e. The van der Waals surface area contributed by atoms with Crippen molar-refractivity contribution in [1.82, 2.24) is 20.3 Å². The molecule has 1 unspecified atom stereocenters. The van der Waals surface area contributed by atoms with Gasteiger partial charge in [-0.1, -0.05) is 6.07 Å². The predicted octanol–water partition coefficient (Wildman–Crippen LogP) is 2.55. The molecule has 0 aliphatic carbocycles. The summed E-state index contributed by atoms with van der Waals surface area (Å²) in [4.78, 5) is 36.8. The summed E-state index contributed by atoms with van der Waals surface area (Å²) in [5.41, 5.74) is 3.11. The van der Waals surface area contributed by atoms with Crippen LogP contribution in [-0.4, -0.2) is 50.2 Å². The Morgan fingerprint density at radius 2 is 1.84 bits per heavy atom. The van der Waals surface area contributed by atoms with Crippen molar-refractivity contribution in [2.75, 3.05) is 7.11 Å². The molecule has 32 heavy (non-hydrogen) atoms. The minimum atomic E-state index is -0.985. The molecular formula is C23H20N4O5. The van der Waals surface area contributed by atoms with Crippen molar-refractivity contribution in [2.24, 2.45) is 0 Å². The summed E-state index contributed by atoms with van der Waals surface area (Å²) in [5, 5.41) is 21.8. The molecule has 2 aromatic carbocycles. The first-order valence-corrected chi connectivity index (χ1v) is 9.74. The predicted molar refractivity (Wildman–Crippen MR) is 116 cm³/mol. The second-order valence-corrected chi connectivity index (χ2v) is 7.13. The van der Waals surface area contributed by atoms with Gasteiger partial charge in [-0.15, -0.1) is 0 Å². The molecule has 9 nitrogen and oxygen atoms in total. The number of pyridine rings is 1. The Kier molecular flexibility index (Phi) is 5.71. The monoisotopic (exact) mass is 432 g/mol. The third kappa shape index (κ3) is 4.36. The van der Waals surface area contributed by atoms with Crippen molar-refractivity contribution in [1.29, 1.82) is 0 Å². The maximum Gasteiger partial charge on any atom is 0.328 e. The smallest absolute Gasteiger partial charge is 0.328 e. The highest BCUT2D eigenvalue weighted by atomic mass is 16.5. The number of benzene rings is 2. The Hall–Kier alpha value is -4.40. The number of fused-ring (bicyclic) bond motifs is 1. The van der Waals surface area contributed by atoms with Gasteiger partial charge in [0, 0.05) is 29.9 Å². The number of hydrogen-bond acceptors (Lipinski definition) is 7. The fourth-order valence-corrected chi connectivity index (χ4v) is 3.31. The average Bonchev–Trinajstić information content (AvgIpc) is 3.24. The minimum Gasteiger partial charge on any atom is -0.504 e.